The number of anilines is 1. The number of unbranched alkanes of at least 4 members (excludes halogenated alkanes) is 1. The topological polar surface area (TPSA) is 84.2 Å². The van der Waals surface area contributed by atoms with Crippen LogP contribution in [0.3, 0.4) is 0 Å². The number of urea groups is 1. The Morgan fingerprint density at radius 1 is 1.17 bits per heavy atom. The number of allylic oxidation sites excluding steroid dienone is 5. The van der Waals surface area contributed by atoms with Crippen molar-refractivity contribution in [2.45, 2.75) is 71.8 Å². The molecule has 0 spiro atoms. The van der Waals surface area contributed by atoms with Gasteiger partial charge in [-0.15, -0.1) is 0 Å². The van der Waals surface area contributed by atoms with Crippen molar-refractivity contribution in [3.63, 3.8) is 0 Å². The highest BCUT2D eigenvalue weighted by atomic mass is 32.1. The van der Waals surface area contributed by atoms with Crippen molar-refractivity contribution in [3.05, 3.63) is 78.2 Å². The first-order valence-electron chi connectivity index (χ1n) is 14.5. The van der Waals surface area contributed by atoms with E-state index in [1.807, 2.05) is 57.2 Å². The third-order valence-corrected chi connectivity index (χ3v) is 8.39. The van der Waals surface area contributed by atoms with Crippen molar-refractivity contribution >= 4 is 45.4 Å². The quantitative estimate of drug-likeness (QED) is 0.106. The lowest BCUT2D eigenvalue weighted by molar-refractivity contribution is -0.409. The zero-order valence-corrected chi connectivity index (χ0v) is 26.1. The maximum atomic E-state index is 12.5. The summed E-state index contributed by atoms with van der Waals surface area (Å²) in [5.41, 5.74) is 4.51. The van der Waals surface area contributed by atoms with E-state index in [1.54, 1.807) is 6.20 Å². The highest BCUT2D eigenvalue weighted by Gasteiger charge is 2.27. The molecule has 1 unspecified atom stereocenters. The van der Waals surface area contributed by atoms with Crippen LogP contribution in [-0.2, 0) is 15.1 Å². The average molecular weight is 586 g/mol. The second kappa shape index (κ2) is 13.4. The van der Waals surface area contributed by atoms with Gasteiger partial charge in [0.15, 0.2) is 0 Å². The summed E-state index contributed by atoms with van der Waals surface area (Å²) in [4.78, 5) is 34.4. The van der Waals surface area contributed by atoms with Crippen LogP contribution in [0.4, 0.5) is 9.93 Å². The van der Waals surface area contributed by atoms with Crippen LogP contribution in [-0.4, -0.2) is 39.8 Å². The number of thiazole rings is 1. The van der Waals surface area contributed by atoms with E-state index in [1.165, 1.54) is 15.9 Å². The molecule has 1 aliphatic rings. The first kappa shape index (κ1) is 31.0. The van der Waals surface area contributed by atoms with Gasteiger partial charge in [-0.2, -0.15) is 15.1 Å². The first-order valence-corrected chi connectivity index (χ1v) is 15.4. The molecular weight excluding hydrogens is 544 g/mol. The van der Waals surface area contributed by atoms with Crippen LogP contribution in [0.15, 0.2) is 66.9 Å². The fourth-order valence-corrected chi connectivity index (χ4v) is 5.83. The molecule has 3 aromatic rings. The van der Waals surface area contributed by atoms with E-state index >= 15 is 0 Å². The van der Waals surface area contributed by atoms with Gasteiger partial charge in [0, 0.05) is 24.1 Å². The lowest BCUT2D eigenvalue weighted by Gasteiger charge is -2.25. The molecule has 4 rings (SSSR count). The molecule has 42 heavy (non-hydrogen) atoms. The van der Waals surface area contributed by atoms with Gasteiger partial charge in [0.1, 0.15) is 5.60 Å². The van der Waals surface area contributed by atoms with E-state index in [4.69, 9.17) is 14.7 Å². The number of fused-ring (bicyclic) bond motifs is 1. The van der Waals surface area contributed by atoms with Crippen LogP contribution >= 0.6 is 11.3 Å². The number of nitrogens with one attached hydrogen (secondary N) is 1. The number of aromatic nitrogens is 2. The fourth-order valence-electron chi connectivity index (χ4n) is 4.84. The number of benzene rings is 1. The number of esters is 1. The molecule has 8 heteroatoms. The monoisotopic (exact) mass is 585 g/mol. The van der Waals surface area contributed by atoms with Crippen LogP contribution in [0.1, 0.15) is 77.5 Å². The maximum absolute atomic E-state index is 12.5. The number of ether oxygens (including phenoxy) is 1. The minimum atomic E-state index is -0.845. The highest BCUT2D eigenvalue weighted by Crippen LogP contribution is 2.40. The summed E-state index contributed by atoms with van der Waals surface area (Å²) in [5, 5.41) is 3.38. The highest BCUT2D eigenvalue weighted by molar-refractivity contribution is 7.22. The van der Waals surface area contributed by atoms with Gasteiger partial charge in [-0.3, -0.25) is 9.78 Å². The largest absolute Gasteiger partial charge is 0.497 e. The van der Waals surface area contributed by atoms with Crippen molar-refractivity contribution in [1.82, 2.24) is 9.97 Å². The second-order valence-electron chi connectivity index (χ2n) is 11.6. The minimum Gasteiger partial charge on any atom is -0.453 e. The van der Waals surface area contributed by atoms with E-state index in [0.29, 0.717) is 29.7 Å². The molecule has 2 amide bonds. The number of nitrogens with zero attached hydrogens (tertiary/aromatic N) is 3. The SMILES string of the molecule is C=C1C=CC=CC1c1cc(-c2ccc(C(C)(C)OC(=O)CCCCC(C)C)nc2)cc2nc(NC(=O)[N+](=C)CC)sc12. The summed E-state index contributed by atoms with van der Waals surface area (Å²) < 4.78 is 8.17. The minimum absolute atomic E-state index is 0.0208. The fraction of sp³-hybridized carbons (Fsp3) is 0.382. The third kappa shape index (κ3) is 7.48. The summed E-state index contributed by atoms with van der Waals surface area (Å²) in [7, 11) is 0. The van der Waals surface area contributed by atoms with E-state index in [0.717, 1.165) is 51.7 Å². The Kier molecular flexibility index (Phi) is 9.89. The summed E-state index contributed by atoms with van der Waals surface area (Å²) in [6.45, 7) is 18.5. The number of carbonyl (C=O) groups excluding carboxylic acids is 2. The summed E-state index contributed by atoms with van der Waals surface area (Å²) in [6, 6.07) is 7.75. The Balaban J connectivity index is 1.61. The van der Waals surface area contributed by atoms with Crippen molar-refractivity contribution < 1.29 is 18.9 Å². The number of hydrogen-bond donors (Lipinski definition) is 1. The lowest BCUT2D eigenvalue weighted by atomic mass is 9.87. The van der Waals surface area contributed by atoms with Gasteiger partial charge in [-0.1, -0.05) is 75.0 Å². The molecule has 0 saturated carbocycles. The molecule has 0 bridgehead atoms. The Labute approximate surface area is 252 Å². The van der Waals surface area contributed by atoms with Crippen molar-refractivity contribution in [2.75, 3.05) is 11.9 Å². The molecule has 1 aliphatic carbocycles. The smallest absolute Gasteiger partial charge is 0.453 e. The molecule has 2 heterocycles. The molecule has 2 aromatic heterocycles. The molecular formula is C34H41N4O3S+. The molecule has 220 valence electrons. The van der Waals surface area contributed by atoms with E-state index < -0.39 is 5.60 Å². The van der Waals surface area contributed by atoms with Crippen LogP contribution in [0.25, 0.3) is 21.3 Å². The van der Waals surface area contributed by atoms with Crippen molar-refractivity contribution in [1.29, 1.82) is 0 Å². The van der Waals surface area contributed by atoms with Crippen LogP contribution in [0.2, 0.25) is 0 Å². The predicted octanol–water partition coefficient (Wildman–Crippen LogP) is 8.38. The maximum Gasteiger partial charge on any atom is 0.497 e. The predicted molar refractivity (Wildman–Crippen MR) is 172 cm³/mol. The number of rotatable bonds is 11. The lowest BCUT2D eigenvalue weighted by Crippen LogP contribution is -2.26. The standard InChI is InChI=1S/C34H40N4O3S/c1-8-38(7)33(40)37-32-36-28-20-25(19-27(31(28)42-32)26-15-11-10-14-23(26)4)24-17-18-29(35-21-24)34(5,6)41-30(39)16-12-9-13-22(2)3/h10-11,14-15,17-22,26H,4,7-9,12-13,16H2,1-3,5-6H3/p+1. The molecule has 0 radical (unpaired) electrons. The zero-order valence-electron chi connectivity index (χ0n) is 25.3. The van der Waals surface area contributed by atoms with Crippen molar-refractivity contribution in [3.8, 4) is 11.1 Å². The number of carbonyl (C=O) groups is 2. The summed E-state index contributed by atoms with van der Waals surface area (Å²) in [6.07, 6.45) is 13.3. The van der Waals surface area contributed by atoms with E-state index in [2.05, 4.69) is 44.6 Å². The Bertz CT molecular complexity index is 1550. The van der Waals surface area contributed by atoms with Crippen LogP contribution in [0, 0.1) is 5.92 Å². The second-order valence-corrected chi connectivity index (χ2v) is 12.6. The van der Waals surface area contributed by atoms with Crippen molar-refractivity contribution in [2.24, 2.45) is 5.92 Å². The van der Waals surface area contributed by atoms with Gasteiger partial charge in [-0.25, -0.2) is 4.58 Å². The summed E-state index contributed by atoms with van der Waals surface area (Å²) >= 11 is 1.44. The Hall–Kier alpha value is -3.91. The molecule has 0 saturated heterocycles. The van der Waals surface area contributed by atoms with Crippen LogP contribution in [0.5, 0.6) is 0 Å². The Morgan fingerprint density at radius 3 is 2.62 bits per heavy atom. The molecule has 0 fully saturated rings. The van der Waals surface area contributed by atoms with E-state index in [-0.39, 0.29) is 17.9 Å². The van der Waals surface area contributed by atoms with Gasteiger partial charge < -0.3 is 4.74 Å². The van der Waals surface area contributed by atoms with Gasteiger partial charge >= 0.3 is 12.0 Å². The molecule has 1 N–H and O–H groups in total. The van der Waals surface area contributed by atoms with Gasteiger partial charge in [-0.05, 0) is 68.0 Å². The molecule has 0 aliphatic heterocycles. The van der Waals surface area contributed by atoms with Gasteiger partial charge in [0.25, 0.3) is 5.13 Å². The van der Waals surface area contributed by atoms with Gasteiger partial charge in [0.05, 0.1) is 29.2 Å². The third-order valence-electron chi connectivity index (χ3n) is 7.36. The number of pyridine rings is 1. The van der Waals surface area contributed by atoms with E-state index in [9.17, 15) is 9.59 Å². The summed E-state index contributed by atoms with van der Waals surface area (Å²) in [5.74, 6) is 0.412. The average Bonchev–Trinajstić information content (AvgIpc) is 3.36. The van der Waals surface area contributed by atoms with Crippen LogP contribution < -0.4 is 5.32 Å². The molecule has 1 atom stereocenters. The van der Waals surface area contributed by atoms with Gasteiger partial charge in [0.2, 0.25) is 0 Å². The normalized spacial score (nSPS) is 14.9. The first-order chi connectivity index (χ1) is 20.0. The molecule has 1 aromatic carbocycles. The number of amides is 2. The Morgan fingerprint density at radius 2 is 1.95 bits per heavy atom. The zero-order chi connectivity index (χ0) is 30.4. The molecule has 7 nitrogen and oxygen atoms in total. The number of hydrogen-bond acceptors (Lipinski definition) is 6.